The Morgan fingerprint density at radius 1 is 1.00 bits per heavy atom. The summed E-state index contributed by atoms with van der Waals surface area (Å²) in [6.07, 6.45) is 1.59. The molecule has 7 heteroatoms. The van der Waals surface area contributed by atoms with E-state index in [1.807, 2.05) is 73.6 Å². The van der Waals surface area contributed by atoms with Crippen molar-refractivity contribution >= 4 is 17.5 Å². The average molecular weight is 449 g/mol. The van der Waals surface area contributed by atoms with Gasteiger partial charge in [-0.25, -0.2) is 4.68 Å². The number of hydrogen-bond acceptors (Lipinski definition) is 4. The highest BCUT2D eigenvalue weighted by atomic mass is 35.5. The molecule has 0 aliphatic heterocycles. The van der Waals surface area contributed by atoms with Gasteiger partial charge in [-0.2, -0.15) is 5.10 Å². The zero-order valence-electron chi connectivity index (χ0n) is 18.1. The number of carbonyl (C=O) groups excluding carboxylic acids is 1. The summed E-state index contributed by atoms with van der Waals surface area (Å²) in [7, 11) is 3.99. The van der Waals surface area contributed by atoms with Crippen molar-refractivity contribution < 1.29 is 9.21 Å². The van der Waals surface area contributed by atoms with Crippen LogP contribution in [0.4, 0.5) is 0 Å². The molecule has 0 N–H and O–H groups in total. The third-order valence-corrected chi connectivity index (χ3v) is 5.42. The molecule has 0 unspecified atom stereocenters. The predicted octanol–water partition coefficient (Wildman–Crippen LogP) is 4.99. The smallest absolute Gasteiger partial charge is 0.272 e. The fraction of sp³-hybridized carbons (Fsp3) is 0.200. The van der Waals surface area contributed by atoms with Gasteiger partial charge in [0.15, 0.2) is 5.76 Å². The van der Waals surface area contributed by atoms with Crippen molar-refractivity contribution in [3.05, 3.63) is 95.3 Å². The maximum Gasteiger partial charge on any atom is 0.272 e. The molecule has 0 spiro atoms. The van der Waals surface area contributed by atoms with E-state index in [4.69, 9.17) is 16.0 Å². The lowest BCUT2D eigenvalue weighted by Gasteiger charge is -2.25. The van der Waals surface area contributed by atoms with Gasteiger partial charge >= 0.3 is 0 Å². The van der Waals surface area contributed by atoms with E-state index in [0.29, 0.717) is 40.9 Å². The molecule has 0 saturated heterocycles. The van der Waals surface area contributed by atoms with Crippen LogP contribution in [0.2, 0.25) is 5.02 Å². The summed E-state index contributed by atoms with van der Waals surface area (Å²) in [6, 6.07) is 22.7. The molecule has 1 amide bonds. The second kappa shape index (κ2) is 9.85. The molecule has 0 atom stereocenters. The minimum atomic E-state index is -0.124. The molecule has 0 fully saturated rings. The van der Waals surface area contributed by atoms with Crippen LogP contribution in [0.25, 0.3) is 17.1 Å². The van der Waals surface area contributed by atoms with Crippen LogP contribution in [-0.4, -0.2) is 52.7 Å². The van der Waals surface area contributed by atoms with Crippen LogP contribution in [-0.2, 0) is 6.54 Å². The zero-order chi connectivity index (χ0) is 22.5. The summed E-state index contributed by atoms with van der Waals surface area (Å²) >= 11 is 6.47. The monoisotopic (exact) mass is 448 g/mol. The summed E-state index contributed by atoms with van der Waals surface area (Å²) in [5.74, 6) is 0.466. The summed E-state index contributed by atoms with van der Waals surface area (Å²) in [5, 5.41) is 5.18. The number of carbonyl (C=O) groups is 1. The first-order valence-corrected chi connectivity index (χ1v) is 10.8. The van der Waals surface area contributed by atoms with Crippen molar-refractivity contribution in [2.24, 2.45) is 0 Å². The van der Waals surface area contributed by atoms with E-state index in [2.05, 4.69) is 10.00 Å². The van der Waals surface area contributed by atoms with E-state index in [1.165, 1.54) is 0 Å². The summed E-state index contributed by atoms with van der Waals surface area (Å²) in [6.45, 7) is 1.81. The number of para-hydroxylation sites is 1. The van der Waals surface area contributed by atoms with Crippen molar-refractivity contribution in [3.8, 4) is 17.1 Å². The number of aromatic nitrogens is 2. The van der Waals surface area contributed by atoms with Crippen molar-refractivity contribution in [2.45, 2.75) is 6.54 Å². The quantitative estimate of drug-likeness (QED) is 0.381. The molecule has 2 aromatic carbocycles. The third-order valence-electron chi connectivity index (χ3n) is 5.10. The van der Waals surface area contributed by atoms with Crippen molar-refractivity contribution in [3.63, 3.8) is 0 Å². The number of furan rings is 1. The van der Waals surface area contributed by atoms with Gasteiger partial charge in [0.05, 0.1) is 17.0 Å². The Hall–Kier alpha value is -3.35. The Morgan fingerprint density at radius 3 is 2.44 bits per heavy atom. The number of rotatable bonds is 8. The maximum absolute atomic E-state index is 13.8. The summed E-state index contributed by atoms with van der Waals surface area (Å²) in [4.78, 5) is 17.7. The molecule has 164 valence electrons. The van der Waals surface area contributed by atoms with Gasteiger partial charge in [-0.05, 0) is 43.9 Å². The highest BCUT2D eigenvalue weighted by Crippen LogP contribution is 2.27. The second-order valence-electron chi connectivity index (χ2n) is 7.77. The lowest BCUT2D eigenvalue weighted by molar-refractivity contribution is 0.0722. The van der Waals surface area contributed by atoms with Crippen molar-refractivity contribution in [2.75, 3.05) is 27.2 Å². The normalized spacial score (nSPS) is 11.1. The van der Waals surface area contributed by atoms with E-state index >= 15 is 0 Å². The van der Waals surface area contributed by atoms with E-state index in [1.54, 1.807) is 29.1 Å². The Balaban J connectivity index is 1.76. The Kier molecular flexibility index (Phi) is 6.73. The Bertz CT molecular complexity index is 1170. The number of halogens is 1. The van der Waals surface area contributed by atoms with Gasteiger partial charge < -0.3 is 14.2 Å². The molecular weight excluding hydrogens is 424 g/mol. The third kappa shape index (κ3) is 4.93. The van der Waals surface area contributed by atoms with E-state index in [-0.39, 0.29) is 5.91 Å². The van der Waals surface area contributed by atoms with Crippen molar-refractivity contribution in [1.29, 1.82) is 0 Å². The Morgan fingerprint density at radius 2 is 1.75 bits per heavy atom. The van der Waals surface area contributed by atoms with Gasteiger partial charge in [0.25, 0.3) is 5.91 Å². The van der Waals surface area contributed by atoms with Crippen LogP contribution in [0.1, 0.15) is 16.1 Å². The summed E-state index contributed by atoms with van der Waals surface area (Å²) < 4.78 is 7.14. The lowest BCUT2D eigenvalue weighted by atomic mass is 10.2. The summed E-state index contributed by atoms with van der Waals surface area (Å²) in [5.41, 5.74) is 2.71. The van der Waals surface area contributed by atoms with Crippen LogP contribution in [0, 0.1) is 0 Å². The highest BCUT2D eigenvalue weighted by Gasteiger charge is 2.24. The number of hydrogen-bond donors (Lipinski definition) is 0. The Labute approximate surface area is 192 Å². The van der Waals surface area contributed by atoms with Gasteiger partial charge in [0.1, 0.15) is 11.4 Å². The van der Waals surface area contributed by atoms with Gasteiger partial charge in [-0.15, -0.1) is 0 Å². The molecule has 2 aromatic heterocycles. The zero-order valence-corrected chi connectivity index (χ0v) is 18.9. The first kappa shape index (κ1) is 21.9. The fourth-order valence-electron chi connectivity index (χ4n) is 3.42. The van der Waals surface area contributed by atoms with E-state index in [0.717, 1.165) is 12.1 Å². The van der Waals surface area contributed by atoms with Crippen LogP contribution < -0.4 is 0 Å². The standard InChI is InChI=1S/C25H25ClN4O2/c1-28(2)14-15-29(18-19-9-4-3-5-10-19)25(31)23-17-21(24-13-8-16-32-24)27-30(23)22-12-7-6-11-20(22)26/h3-13,16-17H,14-15,18H2,1-2H3. The van der Waals surface area contributed by atoms with Crippen LogP contribution in [0.15, 0.2) is 83.5 Å². The topological polar surface area (TPSA) is 54.5 Å². The molecular formula is C25H25ClN4O2. The molecule has 4 aromatic rings. The minimum Gasteiger partial charge on any atom is -0.463 e. The fourth-order valence-corrected chi connectivity index (χ4v) is 3.64. The predicted molar refractivity (Wildman–Crippen MR) is 126 cm³/mol. The molecule has 0 aliphatic carbocycles. The SMILES string of the molecule is CN(C)CCN(Cc1ccccc1)C(=O)c1cc(-c2ccco2)nn1-c1ccccc1Cl. The molecule has 0 aliphatic rings. The van der Waals surface area contributed by atoms with Gasteiger partial charge in [0.2, 0.25) is 0 Å². The first-order valence-electron chi connectivity index (χ1n) is 10.4. The average Bonchev–Trinajstić information content (AvgIpc) is 3.47. The van der Waals surface area contributed by atoms with Crippen molar-refractivity contribution in [1.82, 2.24) is 19.6 Å². The van der Waals surface area contributed by atoms with E-state index < -0.39 is 0 Å². The van der Waals surface area contributed by atoms with Gasteiger partial charge in [-0.1, -0.05) is 54.1 Å². The van der Waals surface area contributed by atoms with E-state index in [9.17, 15) is 4.79 Å². The molecule has 0 bridgehead atoms. The number of nitrogens with zero attached hydrogens (tertiary/aromatic N) is 4. The molecule has 2 heterocycles. The number of likely N-dealkylation sites (N-methyl/N-ethyl adjacent to an activating group) is 1. The molecule has 0 radical (unpaired) electrons. The van der Waals surface area contributed by atoms with Crippen LogP contribution >= 0.6 is 11.6 Å². The lowest BCUT2D eigenvalue weighted by Crippen LogP contribution is -2.37. The number of benzene rings is 2. The molecule has 6 nitrogen and oxygen atoms in total. The maximum atomic E-state index is 13.8. The highest BCUT2D eigenvalue weighted by molar-refractivity contribution is 6.32. The molecule has 4 rings (SSSR count). The van der Waals surface area contributed by atoms with Crippen LogP contribution in [0.3, 0.4) is 0 Å². The minimum absolute atomic E-state index is 0.124. The van der Waals surface area contributed by atoms with Crippen LogP contribution in [0.5, 0.6) is 0 Å². The first-order chi connectivity index (χ1) is 15.5. The molecule has 0 saturated carbocycles. The van der Waals surface area contributed by atoms with Gasteiger partial charge in [-0.3, -0.25) is 4.79 Å². The molecule has 32 heavy (non-hydrogen) atoms. The number of amides is 1. The largest absolute Gasteiger partial charge is 0.463 e. The van der Waals surface area contributed by atoms with Gasteiger partial charge in [0, 0.05) is 25.7 Å². The second-order valence-corrected chi connectivity index (χ2v) is 8.18.